The van der Waals surface area contributed by atoms with Gasteiger partial charge in [0.05, 0.1) is 6.54 Å². The number of aryl methyl sites for hydroxylation is 1. The molecule has 0 aliphatic heterocycles. The quantitative estimate of drug-likeness (QED) is 0.530. The Balaban J connectivity index is 1.82. The molecule has 0 bridgehead atoms. The molecule has 3 aromatic rings. The maximum atomic E-state index is 13.8. The van der Waals surface area contributed by atoms with Gasteiger partial charge in [-0.3, -0.25) is 15.1 Å². The van der Waals surface area contributed by atoms with E-state index in [1.54, 1.807) is 37.5 Å². The number of hydrogen-bond acceptors (Lipinski definition) is 3. The topological polar surface area (TPSA) is 66.4 Å². The second kappa shape index (κ2) is 8.85. The molecule has 0 aliphatic rings. The van der Waals surface area contributed by atoms with Crippen LogP contribution in [0, 0.1) is 18.6 Å². The summed E-state index contributed by atoms with van der Waals surface area (Å²) in [4.78, 5) is 20.8. The lowest BCUT2D eigenvalue weighted by Crippen LogP contribution is -2.36. The SMILES string of the molecule is Cc1ccc(C(=O)NC(=NCc2ccncc2)Nc2cccc(F)c2)cc1F. The molecule has 0 spiro atoms. The summed E-state index contributed by atoms with van der Waals surface area (Å²) in [5.74, 6) is -1.31. The van der Waals surface area contributed by atoms with Crippen molar-refractivity contribution >= 4 is 17.6 Å². The van der Waals surface area contributed by atoms with Crippen LogP contribution >= 0.6 is 0 Å². The fourth-order valence-electron chi connectivity index (χ4n) is 2.39. The summed E-state index contributed by atoms with van der Waals surface area (Å²) in [6.45, 7) is 1.88. The highest BCUT2D eigenvalue weighted by Gasteiger charge is 2.11. The van der Waals surface area contributed by atoms with Crippen LogP contribution in [0.25, 0.3) is 0 Å². The van der Waals surface area contributed by atoms with Gasteiger partial charge >= 0.3 is 0 Å². The smallest absolute Gasteiger partial charge is 0.258 e. The second-order valence-corrected chi connectivity index (χ2v) is 6.07. The van der Waals surface area contributed by atoms with Crippen molar-refractivity contribution < 1.29 is 13.6 Å². The number of aliphatic imine (C=N–C) groups is 1. The number of halogens is 2. The molecule has 1 heterocycles. The van der Waals surface area contributed by atoms with Gasteiger partial charge in [0.2, 0.25) is 5.96 Å². The number of nitrogens with one attached hydrogen (secondary N) is 2. The number of guanidine groups is 1. The maximum Gasteiger partial charge on any atom is 0.258 e. The van der Waals surface area contributed by atoms with Gasteiger partial charge in [0.1, 0.15) is 11.6 Å². The van der Waals surface area contributed by atoms with E-state index in [9.17, 15) is 13.6 Å². The molecular formula is C21H18F2N4O. The Morgan fingerprint density at radius 2 is 1.86 bits per heavy atom. The second-order valence-electron chi connectivity index (χ2n) is 6.07. The molecule has 0 saturated carbocycles. The summed E-state index contributed by atoms with van der Waals surface area (Å²) >= 11 is 0. The lowest BCUT2D eigenvalue weighted by Gasteiger charge is -2.12. The monoisotopic (exact) mass is 380 g/mol. The Morgan fingerprint density at radius 3 is 2.57 bits per heavy atom. The van der Waals surface area contributed by atoms with Crippen LogP contribution in [0.3, 0.4) is 0 Å². The highest BCUT2D eigenvalue weighted by Crippen LogP contribution is 2.11. The molecule has 0 saturated heterocycles. The van der Waals surface area contributed by atoms with Gasteiger partial charge in [0.25, 0.3) is 5.91 Å². The Hall–Kier alpha value is -3.61. The molecule has 0 unspecified atom stereocenters. The van der Waals surface area contributed by atoms with Crippen LogP contribution in [-0.2, 0) is 6.54 Å². The summed E-state index contributed by atoms with van der Waals surface area (Å²) in [6.07, 6.45) is 3.27. The predicted octanol–water partition coefficient (Wildman–Crippen LogP) is 4.07. The third-order valence-electron chi connectivity index (χ3n) is 3.92. The van der Waals surface area contributed by atoms with Crippen LogP contribution in [0.1, 0.15) is 21.5 Å². The van der Waals surface area contributed by atoms with Crippen LogP contribution in [-0.4, -0.2) is 16.9 Å². The number of hydrogen-bond donors (Lipinski definition) is 2. The first-order valence-corrected chi connectivity index (χ1v) is 8.55. The minimum atomic E-state index is -0.531. The largest absolute Gasteiger partial charge is 0.326 e. The number of pyridine rings is 1. The van der Waals surface area contributed by atoms with E-state index in [-0.39, 0.29) is 18.1 Å². The van der Waals surface area contributed by atoms with Crippen molar-refractivity contribution in [3.8, 4) is 0 Å². The minimum Gasteiger partial charge on any atom is -0.326 e. The third kappa shape index (κ3) is 5.20. The van der Waals surface area contributed by atoms with Crippen molar-refractivity contribution in [3.05, 3.63) is 95.3 Å². The number of carbonyl (C=O) groups is 1. The van der Waals surface area contributed by atoms with Gasteiger partial charge in [0, 0.05) is 23.6 Å². The lowest BCUT2D eigenvalue weighted by molar-refractivity contribution is 0.0976. The molecule has 0 fully saturated rings. The summed E-state index contributed by atoms with van der Waals surface area (Å²) in [7, 11) is 0. The highest BCUT2D eigenvalue weighted by molar-refractivity contribution is 6.09. The van der Waals surface area contributed by atoms with Crippen molar-refractivity contribution in [2.24, 2.45) is 4.99 Å². The van der Waals surface area contributed by atoms with Crippen molar-refractivity contribution in [1.29, 1.82) is 0 Å². The average molecular weight is 380 g/mol. The van der Waals surface area contributed by atoms with Gasteiger partial charge in [-0.15, -0.1) is 0 Å². The van der Waals surface area contributed by atoms with Crippen molar-refractivity contribution in [2.75, 3.05) is 5.32 Å². The first kappa shape index (κ1) is 19.2. The number of aromatic nitrogens is 1. The Labute approximate surface area is 161 Å². The van der Waals surface area contributed by atoms with Crippen LogP contribution in [0.15, 0.2) is 72.0 Å². The van der Waals surface area contributed by atoms with Crippen molar-refractivity contribution in [3.63, 3.8) is 0 Å². The van der Waals surface area contributed by atoms with Gasteiger partial charge in [-0.05, 0) is 60.5 Å². The zero-order valence-electron chi connectivity index (χ0n) is 15.1. The molecule has 1 amide bonds. The van der Waals surface area contributed by atoms with E-state index in [1.807, 2.05) is 0 Å². The van der Waals surface area contributed by atoms with E-state index in [0.717, 1.165) is 11.6 Å². The molecule has 0 atom stereocenters. The van der Waals surface area contributed by atoms with E-state index >= 15 is 0 Å². The summed E-state index contributed by atoms with van der Waals surface area (Å²) in [6, 6.07) is 13.6. The standard InChI is InChI=1S/C21H18F2N4O/c1-14-5-6-16(11-19(14)23)20(28)27-21(25-13-15-7-9-24-10-8-15)26-18-4-2-3-17(22)12-18/h2-12H,13H2,1H3,(H2,25,26,27,28). The Bertz CT molecular complexity index is 1010. The van der Waals surface area contributed by atoms with Gasteiger partial charge < -0.3 is 5.32 Å². The predicted molar refractivity (Wildman–Crippen MR) is 104 cm³/mol. The van der Waals surface area contributed by atoms with Crippen molar-refractivity contribution in [2.45, 2.75) is 13.5 Å². The molecule has 3 rings (SSSR count). The maximum absolute atomic E-state index is 13.8. The fraction of sp³-hybridized carbons (Fsp3) is 0.0952. The van der Waals surface area contributed by atoms with Crippen LogP contribution < -0.4 is 10.6 Å². The van der Waals surface area contributed by atoms with E-state index in [1.165, 1.54) is 30.3 Å². The molecule has 142 valence electrons. The number of amides is 1. The minimum absolute atomic E-state index is 0.119. The fourth-order valence-corrected chi connectivity index (χ4v) is 2.39. The van der Waals surface area contributed by atoms with Gasteiger partial charge in [-0.25, -0.2) is 13.8 Å². The Kier molecular flexibility index (Phi) is 6.06. The van der Waals surface area contributed by atoms with Crippen LogP contribution in [0.2, 0.25) is 0 Å². The van der Waals surface area contributed by atoms with Crippen LogP contribution in [0.5, 0.6) is 0 Å². The summed E-state index contributed by atoms with van der Waals surface area (Å²) in [5, 5.41) is 5.50. The number of anilines is 1. The molecule has 2 N–H and O–H groups in total. The molecule has 0 aliphatic carbocycles. The average Bonchev–Trinajstić information content (AvgIpc) is 2.69. The van der Waals surface area contributed by atoms with E-state index in [4.69, 9.17) is 0 Å². The third-order valence-corrected chi connectivity index (χ3v) is 3.92. The summed E-state index contributed by atoms with van der Waals surface area (Å²) < 4.78 is 27.2. The summed E-state index contributed by atoms with van der Waals surface area (Å²) in [5.41, 5.74) is 1.90. The lowest BCUT2D eigenvalue weighted by atomic mass is 10.1. The highest BCUT2D eigenvalue weighted by atomic mass is 19.1. The molecule has 5 nitrogen and oxygen atoms in total. The van der Waals surface area contributed by atoms with E-state index in [0.29, 0.717) is 11.3 Å². The zero-order valence-corrected chi connectivity index (χ0v) is 15.1. The van der Waals surface area contributed by atoms with Gasteiger partial charge in [-0.1, -0.05) is 12.1 Å². The number of nitrogens with zero attached hydrogens (tertiary/aromatic N) is 2. The van der Waals surface area contributed by atoms with Gasteiger partial charge in [0.15, 0.2) is 0 Å². The number of carbonyl (C=O) groups excluding carboxylic acids is 1. The normalized spacial score (nSPS) is 11.2. The molecule has 1 aromatic heterocycles. The van der Waals surface area contributed by atoms with E-state index in [2.05, 4.69) is 20.6 Å². The molecule has 7 heteroatoms. The first-order valence-electron chi connectivity index (χ1n) is 8.55. The number of rotatable bonds is 4. The molecule has 2 aromatic carbocycles. The molecule has 28 heavy (non-hydrogen) atoms. The zero-order chi connectivity index (χ0) is 19.9. The number of benzene rings is 2. The van der Waals surface area contributed by atoms with E-state index < -0.39 is 17.5 Å². The molecular weight excluding hydrogens is 362 g/mol. The molecule has 0 radical (unpaired) electrons. The first-order chi connectivity index (χ1) is 13.5. The van der Waals surface area contributed by atoms with Crippen molar-refractivity contribution in [1.82, 2.24) is 10.3 Å². The Morgan fingerprint density at radius 1 is 1.07 bits per heavy atom. The van der Waals surface area contributed by atoms with Crippen LogP contribution in [0.4, 0.5) is 14.5 Å². The van der Waals surface area contributed by atoms with Gasteiger partial charge in [-0.2, -0.15) is 0 Å².